The SMILES string of the molecule is CN1CCN(CCCN2c3ccccc3Sc3ccc(C(F)(F)F)cc32)CC1.c1ccc2c(c1)cc1ccc3cccc4ccc2c1c34. The van der Waals surface area contributed by atoms with Crippen molar-refractivity contribution >= 4 is 66.2 Å². The van der Waals surface area contributed by atoms with Crippen LogP contribution in [-0.4, -0.2) is 56.1 Å². The highest BCUT2D eigenvalue weighted by atomic mass is 32.2. The molecule has 0 aromatic heterocycles. The van der Waals surface area contributed by atoms with Gasteiger partial charge >= 0.3 is 6.18 Å². The van der Waals surface area contributed by atoms with Gasteiger partial charge in [-0.2, -0.15) is 13.2 Å². The minimum absolute atomic E-state index is 0.588. The van der Waals surface area contributed by atoms with Crippen LogP contribution in [0.25, 0.3) is 43.1 Å². The number of para-hydroxylation sites is 1. The molecule has 7 aromatic carbocycles. The fourth-order valence-electron chi connectivity index (χ4n) is 7.26. The minimum Gasteiger partial charge on any atom is -0.340 e. The fourth-order valence-corrected chi connectivity index (χ4v) is 8.34. The Bertz CT molecular complexity index is 2220. The Morgan fingerprint density at radius 3 is 2.08 bits per heavy atom. The third kappa shape index (κ3) is 5.85. The van der Waals surface area contributed by atoms with Crippen molar-refractivity contribution in [3.05, 3.63) is 121 Å². The van der Waals surface area contributed by atoms with Gasteiger partial charge in [-0.15, -0.1) is 0 Å². The van der Waals surface area contributed by atoms with Gasteiger partial charge in [0.25, 0.3) is 0 Å². The predicted octanol–water partition coefficient (Wildman–Crippen LogP) is 10.7. The van der Waals surface area contributed by atoms with Crippen molar-refractivity contribution in [2.24, 2.45) is 0 Å². The van der Waals surface area contributed by atoms with Crippen LogP contribution in [0.1, 0.15) is 12.0 Å². The van der Waals surface area contributed by atoms with E-state index in [1.165, 1.54) is 55.2 Å². The van der Waals surface area contributed by atoms with Crippen molar-refractivity contribution in [2.45, 2.75) is 22.4 Å². The number of rotatable bonds is 4. The van der Waals surface area contributed by atoms with Gasteiger partial charge in [-0.1, -0.05) is 90.6 Å². The average molecular weight is 660 g/mol. The lowest BCUT2D eigenvalue weighted by molar-refractivity contribution is -0.137. The number of likely N-dealkylation sites (N-methyl/N-ethyl adjacent to an activating group) is 1. The Morgan fingerprint density at radius 1 is 0.583 bits per heavy atom. The van der Waals surface area contributed by atoms with Crippen LogP contribution >= 0.6 is 11.8 Å². The summed E-state index contributed by atoms with van der Waals surface area (Å²) in [6, 6.07) is 38.6. The molecule has 1 fully saturated rings. The number of halogens is 3. The Balaban J connectivity index is 0.000000147. The summed E-state index contributed by atoms with van der Waals surface area (Å²) in [5, 5.41) is 10.8. The Morgan fingerprint density at radius 2 is 1.27 bits per heavy atom. The molecule has 0 radical (unpaired) electrons. The number of alkyl halides is 3. The summed E-state index contributed by atoms with van der Waals surface area (Å²) in [7, 11) is 2.13. The minimum atomic E-state index is -4.33. The van der Waals surface area contributed by atoms with Crippen molar-refractivity contribution in [1.82, 2.24) is 9.80 Å². The van der Waals surface area contributed by atoms with Crippen LogP contribution in [0, 0.1) is 0 Å². The molecule has 0 saturated carbocycles. The summed E-state index contributed by atoms with van der Waals surface area (Å²) in [5.41, 5.74) is 1.07. The van der Waals surface area contributed by atoms with E-state index in [0.717, 1.165) is 54.6 Å². The summed E-state index contributed by atoms with van der Waals surface area (Å²) >= 11 is 1.54. The highest BCUT2D eigenvalue weighted by Gasteiger charge is 2.33. The van der Waals surface area contributed by atoms with Gasteiger partial charge in [0.1, 0.15) is 0 Å². The highest BCUT2D eigenvalue weighted by molar-refractivity contribution is 7.99. The zero-order chi connectivity index (χ0) is 32.8. The molecule has 48 heavy (non-hydrogen) atoms. The molecule has 0 unspecified atom stereocenters. The van der Waals surface area contributed by atoms with Gasteiger partial charge in [0.15, 0.2) is 0 Å². The van der Waals surface area contributed by atoms with Crippen LogP contribution in [0.3, 0.4) is 0 Å². The molecule has 0 aliphatic carbocycles. The maximum Gasteiger partial charge on any atom is 0.416 e. The van der Waals surface area contributed by atoms with Gasteiger partial charge in [-0.25, -0.2) is 0 Å². The standard InChI is InChI=1S/C21H24F3N3S.C20H12/c1-25-11-13-26(14-12-25)9-4-10-27-17-5-2-3-6-19(17)28-20-8-7-16(15-18(20)27)21(22,23)24;1-2-7-17-15(4-1)12-16-9-8-13-5-3-6-14-10-11-18(17)20(16)19(13)14/h2-3,5-8,15H,4,9-14H2,1H3;1-12H. The molecule has 3 nitrogen and oxygen atoms in total. The lowest BCUT2D eigenvalue weighted by Crippen LogP contribution is -2.45. The van der Waals surface area contributed by atoms with Crippen LogP contribution in [0.15, 0.2) is 125 Å². The van der Waals surface area contributed by atoms with E-state index < -0.39 is 11.7 Å². The van der Waals surface area contributed by atoms with Crippen LogP contribution < -0.4 is 4.90 Å². The zero-order valence-corrected chi connectivity index (χ0v) is 27.6. The largest absolute Gasteiger partial charge is 0.416 e. The van der Waals surface area contributed by atoms with E-state index in [1.54, 1.807) is 17.8 Å². The Labute approximate surface area is 282 Å². The molecule has 0 bridgehead atoms. The van der Waals surface area contributed by atoms with E-state index in [0.29, 0.717) is 12.2 Å². The summed E-state index contributed by atoms with van der Waals surface area (Å²) in [6.07, 6.45) is -3.42. The number of hydrogen-bond acceptors (Lipinski definition) is 4. The van der Waals surface area contributed by atoms with Gasteiger partial charge in [0.05, 0.1) is 16.9 Å². The highest BCUT2D eigenvalue weighted by Crippen LogP contribution is 2.49. The smallest absolute Gasteiger partial charge is 0.340 e. The van der Waals surface area contributed by atoms with Gasteiger partial charge in [-0.3, -0.25) is 0 Å². The first-order valence-corrected chi connectivity index (χ1v) is 17.4. The molecule has 0 amide bonds. The topological polar surface area (TPSA) is 9.72 Å². The van der Waals surface area contributed by atoms with Gasteiger partial charge < -0.3 is 14.7 Å². The molecule has 7 aromatic rings. The summed E-state index contributed by atoms with van der Waals surface area (Å²) in [5.74, 6) is 0. The van der Waals surface area contributed by atoms with E-state index >= 15 is 0 Å². The Kier molecular flexibility index (Phi) is 8.15. The van der Waals surface area contributed by atoms with Crippen molar-refractivity contribution in [1.29, 1.82) is 0 Å². The molecule has 1 saturated heterocycles. The second-order valence-corrected chi connectivity index (χ2v) is 13.9. The summed E-state index contributed by atoms with van der Waals surface area (Å²) in [6.45, 7) is 5.92. The molecule has 0 atom stereocenters. The molecule has 0 N–H and O–H groups in total. The van der Waals surface area contributed by atoms with Gasteiger partial charge in [0, 0.05) is 42.5 Å². The van der Waals surface area contributed by atoms with E-state index in [9.17, 15) is 13.2 Å². The number of nitrogens with zero attached hydrogens (tertiary/aromatic N) is 3. The number of hydrogen-bond donors (Lipinski definition) is 0. The van der Waals surface area contributed by atoms with Crippen LogP contribution in [-0.2, 0) is 6.18 Å². The van der Waals surface area contributed by atoms with Crippen molar-refractivity contribution in [3.8, 4) is 0 Å². The Hall–Kier alpha value is -4.30. The average Bonchev–Trinajstić information content (AvgIpc) is 3.10. The number of anilines is 2. The summed E-state index contributed by atoms with van der Waals surface area (Å²) < 4.78 is 39.8. The predicted molar refractivity (Wildman–Crippen MR) is 195 cm³/mol. The lowest BCUT2D eigenvalue weighted by atomic mass is 9.91. The third-order valence-electron chi connectivity index (χ3n) is 9.78. The quantitative estimate of drug-likeness (QED) is 0.137. The van der Waals surface area contributed by atoms with E-state index in [-0.39, 0.29) is 0 Å². The lowest BCUT2D eigenvalue weighted by Gasteiger charge is -2.35. The van der Waals surface area contributed by atoms with Crippen molar-refractivity contribution in [3.63, 3.8) is 0 Å². The van der Waals surface area contributed by atoms with Crippen LogP contribution in [0.2, 0.25) is 0 Å². The molecule has 2 aliphatic heterocycles. The van der Waals surface area contributed by atoms with E-state index in [4.69, 9.17) is 0 Å². The number of piperazine rings is 1. The molecule has 0 spiro atoms. The first kappa shape index (κ1) is 31.0. The first-order valence-electron chi connectivity index (χ1n) is 16.6. The van der Waals surface area contributed by atoms with Gasteiger partial charge in [0.2, 0.25) is 0 Å². The van der Waals surface area contributed by atoms with Crippen LogP contribution in [0.5, 0.6) is 0 Å². The molecule has 2 aliphatic rings. The zero-order valence-electron chi connectivity index (χ0n) is 26.8. The van der Waals surface area contributed by atoms with Crippen molar-refractivity contribution < 1.29 is 13.2 Å². The molecule has 242 valence electrons. The molecule has 2 heterocycles. The maximum absolute atomic E-state index is 13.3. The fraction of sp³-hybridized carbons (Fsp3) is 0.220. The molecular weight excluding hydrogens is 624 g/mol. The van der Waals surface area contributed by atoms with Crippen LogP contribution in [0.4, 0.5) is 24.5 Å². The summed E-state index contributed by atoms with van der Waals surface area (Å²) in [4.78, 5) is 8.80. The second kappa shape index (κ2) is 12.6. The molecule has 7 heteroatoms. The number of fused-ring (bicyclic) bond motifs is 4. The van der Waals surface area contributed by atoms with E-state index in [1.807, 2.05) is 24.3 Å². The maximum atomic E-state index is 13.3. The molecular formula is C41H36F3N3S. The second-order valence-electron chi connectivity index (χ2n) is 12.9. The van der Waals surface area contributed by atoms with E-state index in [2.05, 4.69) is 94.5 Å². The molecule has 9 rings (SSSR count). The number of benzene rings is 7. The van der Waals surface area contributed by atoms with Gasteiger partial charge in [-0.05, 0) is 99.5 Å². The third-order valence-corrected chi connectivity index (χ3v) is 10.9. The monoisotopic (exact) mass is 659 g/mol. The first-order chi connectivity index (χ1) is 23.3. The normalized spacial score (nSPS) is 15.5. The van der Waals surface area contributed by atoms with Crippen molar-refractivity contribution in [2.75, 3.05) is 51.2 Å².